The van der Waals surface area contributed by atoms with E-state index < -0.39 is 0 Å². The normalized spacial score (nSPS) is 12.7. The van der Waals surface area contributed by atoms with E-state index in [1.165, 1.54) is 92.3 Å². The Kier molecular flexibility index (Phi) is 11.2. The SMILES string of the molecule is CC1(C)c2cc3c4ccccc4c4ccccc4c3cc2-c2ccc3c(c21)c1ccc(N(c2ccccc2)c2ccc4ccc5c6ccccc6ccc5c4c2)cc1n3-c1ccnc(-c2nc(-c3ccccc3)nc(-c3cccc(-c4ccccc4)c3)n2)c1. The predicted molar refractivity (Wildman–Crippen MR) is 371 cm³/mol. The number of hydrogen-bond acceptors (Lipinski definition) is 5. The molecular formula is C83H54N6. The van der Waals surface area contributed by atoms with Crippen LogP contribution in [-0.2, 0) is 5.41 Å². The van der Waals surface area contributed by atoms with Gasteiger partial charge >= 0.3 is 0 Å². The Morgan fingerprint density at radius 2 is 0.865 bits per heavy atom. The Balaban J connectivity index is 0.874. The van der Waals surface area contributed by atoms with Crippen molar-refractivity contribution >= 4 is 104 Å². The van der Waals surface area contributed by atoms with Gasteiger partial charge in [-0.15, -0.1) is 0 Å². The molecule has 3 aromatic heterocycles. The molecule has 0 atom stereocenters. The van der Waals surface area contributed by atoms with Crippen molar-refractivity contribution in [3.05, 3.63) is 302 Å². The molecule has 14 aromatic carbocycles. The van der Waals surface area contributed by atoms with Gasteiger partial charge in [-0.3, -0.25) is 4.98 Å². The van der Waals surface area contributed by atoms with Gasteiger partial charge in [0.1, 0.15) is 5.69 Å². The first-order valence-corrected chi connectivity index (χ1v) is 30.5. The van der Waals surface area contributed by atoms with Crippen LogP contribution in [0.15, 0.2) is 291 Å². The molecule has 0 aliphatic heterocycles. The quantitative estimate of drug-likeness (QED) is 0.142. The molecule has 89 heavy (non-hydrogen) atoms. The molecule has 0 bridgehead atoms. The minimum Gasteiger partial charge on any atom is -0.310 e. The number of hydrogen-bond donors (Lipinski definition) is 0. The molecule has 416 valence electrons. The van der Waals surface area contributed by atoms with Crippen molar-refractivity contribution in [3.63, 3.8) is 0 Å². The highest BCUT2D eigenvalue weighted by molar-refractivity contribution is 6.27. The lowest BCUT2D eigenvalue weighted by atomic mass is 9.79. The second-order valence-corrected chi connectivity index (χ2v) is 24.1. The minimum absolute atomic E-state index is 0.380. The average Bonchev–Trinajstić information content (AvgIpc) is 1.56. The molecule has 0 N–H and O–H groups in total. The third kappa shape index (κ3) is 7.97. The van der Waals surface area contributed by atoms with E-state index in [1.54, 1.807) is 0 Å². The standard InChI is InChI=1S/C83H54N6/c1-83(2)74-50-72-65-32-17-15-30-63(65)62-29-14-16-31-64(62)71(72)49-73(74)68-41-42-76-78(79(68)83)69-40-37-59(88(57-26-10-5-11-27-57)58-36-33-53-35-38-66-61-28-13-12-21-52(61)34-39-67(66)70(53)46-58)48-77(69)89(76)60-43-44-84-75(47-60)82-86-80(54-22-8-4-9-23-54)85-81(87-82)56-25-18-24-55(45-56)51-19-6-3-7-20-51/h3-50H,1-2H3. The van der Waals surface area contributed by atoms with Gasteiger partial charge in [0.15, 0.2) is 17.5 Å². The fourth-order valence-electron chi connectivity index (χ4n) is 14.7. The molecule has 0 saturated carbocycles. The number of rotatable bonds is 8. The van der Waals surface area contributed by atoms with Gasteiger partial charge in [-0.2, -0.15) is 0 Å². The van der Waals surface area contributed by atoms with Crippen LogP contribution in [0.25, 0.3) is 149 Å². The first-order chi connectivity index (χ1) is 43.9. The summed E-state index contributed by atoms with van der Waals surface area (Å²) in [4.78, 5) is 23.2. The third-order valence-electron chi connectivity index (χ3n) is 18.8. The number of aromatic nitrogens is 5. The molecular weight excluding hydrogens is 1080 g/mol. The number of nitrogens with zero attached hydrogens (tertiary/aromatic N) is 6. The smallest absolute Gasteiger partial charge is 0.182 e. The molecule has 0 saturated heterocycles. The van der Waals surface area contributed by atoms with E-state index in [0.717, 1.165) is 61.4 Å². The summed E-state index contributed by atoms with van der Waals surface area (Å²) < 4.78 is 2.45. The zero-order chi connectivity index (χ0) is 58.9. The highest BCUT2D eigenvalue weighted by Gasteiger charge is 2.39. The van der Waals surface area contributed by atoms with E-state index in [2.05, 4.69) is 284 Å². The van der Waals surface area contributed by atoms with Crippen LogP contribution >= 0.6 is 0 Å². The van der Waals surface area contributed by atoms with Crippen molar-refractivity contribution < 1.29 is 0 Å². The Hall–Kier alpha value is -11.6. The fourth-order valence-corrected chi connectivity index (χ4v) is 14.7. The maximum atomic E-state index is 5.29. The Bertz CT molecular complexity index is 5770. The summed E-state index contributed by atoms with van der Waals surface area (Å²) in [6.07, 6.45) is 1.90. The van der Waals surface area contributed by atoms with E-state index in [1.807, 2.05) is 30.5 Å². The average molecular weight is 1140 g/mol. The van der Waals surface area contributed by atoms with Gasteiger partial charge in [0.2, 0.25) is 0 Å². The zero-order valence-corrected chi connectivity index (χ0v) is 48.9. The van der Waals surface area contributed by atoms with E-state index in [0.29, 0.717) is 23.2 Å². The van der Waals surface area contributed by atoms with Crippen LogP contribution in [0.4, 0.5) is 17.1 Å². The number of para-hydroxylation sites is 1. The molecule has 0 radical (unpaired) electrons. The van der Waals surface area contributed by atoms with E-state index in [4.69, 9.17) is 19.9 Å². The lowest BCUT2D eigenvalue weighted by molar-refractivity contribution is 0.667. The van der Waals surface area contributed by atoms with Crippen molar-refractivity contribution in [1.29, 1.82) is 0 Å². The number of fused-ring (bicyclic) bond motifs is 18. The molecule has 3 heterocycles. The molecule has 0 fully saturated rings. The Labute approximate surface area is 513 Å². The molecule has 0 unspecified atom stereocenters. The molecule has 1 aliphatic rings. The second kappa shape index (κ2) is 19.7. The summed E-state index contributed by atoms with van der Waals surface area (Å²) >= 11 is 0. The summed E-state index contributed by atoms with van der Waals surface area (Å²) in [6.45, 7) is 4.85. The fraction of sp³-hybridized carbons (Fsp3) is 0.0361. The molecule has 0 spiro atoms. The van der Waals surface area contributed by atoms with E-state index in [9.17, 15) is 0 Å². The van der Waals surface area contributed by atoms with Crippen molar-refractivity contribution in [2.24, 2.45) is 0 Å². The third-order valence-corrected chi connectivity index (χ3v) is 18.8. The van der Waals surface area contributed by atoms with Crippen molar-refractivity contribution in [2.45, 2.75) is 19.3 Å². The van der Waals surface area contributed by atoms with Gasteiger partial charge in [-0.25, -0.2) is 15.0 Å². The first-order valence-electron chi connectivity index (χ1n) is 30.5. The summed E-state index contributed by atoms with van der Waals surface area (Å²) in [7, 11) is 0. The minimum atomic E-state index is -0.380. The Morgan fingerprint density at radius 3 is 1.61 bits per heavy atom. The van der Waals surface area contributed by atoms with Crippen LogP contribution in [-0.4, -0.2) is 24.5 Å². The van der Waals surface area contributed by atoms with Crippen molar-refractivity contribution in [1.82, 2.24) is 24.5 Å². The lowest BCUT2D eigenvalue weighted by Gasteiger charge is -2.26. The monoisotopic (exact) mass is 1130 g/mol. The zero-order valence-electron chi connectivity index (χ0n) is 48.9. The molecule has 17 aromatic rings. The van der Waals surface area contributed by atoms with Crippen LogP contribution in [0.5, 0.6) is 0 Å². The summed E-state index contributed by atoms with van der Waals surface area (Å²) in [5.74, 6) is 1.63. The molecule has 6 heteroatoms. The number of anilines is 3. The Morgan fingerprint density at radius 1 is 0.326 bits per heavy atom. The molecule has 1 aliphatic carbocycles. The van der Waals surface area contributed by atoms with Gasteiger partial charge in [-0.05, 0) is 171 Å². The van der Waals surface area contributed by atoms with Crippen LogP contribution in [0.3, 0.4) is 0 Å². The highest BCUT2D eigenvalue weighted by Crippen LogP contribution is 2.56. The van der Waals surface area contributed by atoms with E-state index >= 15 is 0 Å². The summed E-state index contributed by atoms with van der Waals surface area (Å²) in [6, 6.07) is 103. The van der Waals surface area contributed by atoms with Crippen LogP contribution in [0.2, 0.25) is 0 Å². The molecule has 18 rings (SSSR count). The van der Waals surface area contributed by atoms with E-state index in [-0.39, 0.29) is 5.41 Å². The van der Waals surface area contributed by atoms with Crippen molar-refractivity contribution in [3.8, 4) is 62.2 Å². The maximum absolute atomic E-state index is 5.29. The van der Waals surface area contributed by atoms with Crippen LogP contribution in [0, 0.1) is 0 Å². The van der Waals surface area contributed by atoms with Gasteiger partial charge in [-0.1, -0.05) is 226 Å². The first kappa shape index (κ1) is 50.7. The maximum Gasteiger partial charge on any atom is 0.182 e. The van der Waals surface area contributed by atoms with Gasteiger partial charge < -0.3 is 9.47 Å². The topological polar surface area (TPSA) is 59.7 Å². The van der Waals surface area contributed by atoms with Gasteiger partial charge in [0.05, 0.1) is 11.0 Å². The predicted octanol–water partition coefficient (Wildman–Crippen LogP) is 21.7. The van der Waals surface area contributed by atoms with Crippen molar-refractivity contribution in [2.75, 3.05) is 4.90 Å². The van der Waals surface area contributed by atoms with Gasteiger partial charge in [0.25, 0.3) is 0 Å². The van der Waals surface area contributed by atoms with Crippen LogP contribution in [0.1, 0.15) is 25.0 Å². The lowest BCUT2D eigenvalue weighted by Crippen LogP contribution is -2.15. The number of benzene rings is 14. The molecule has 0 amide bonds. The molecule has 6 nitrogen and oxygen atoms in total. The second-order valence-electron chi connectivity index (χ2n) is 24.1. The summed E-state index contributed by atoms with van der Waals surface area (Å²) in [5.41, 5.74) is 15.7. The van der Waals surface area contributed by atoms with Gasteiger partial charge in [0, 0.05) is 56.3 Å². The van der Waals surface area contributed by atoms with Crippen LogP contribution < -0.4 is 4.90 Å². The largest absolute Gasteiger partial charge is 0.310 e. The highest BCUT2D eigenvalue weighted by atomic mass is 15.1. The number of pyridine rings is 1. The summed E-state index contributed by atoms with van der Waals surface area (Å²) in [5, 5.41) is 17.4.